The van der Waals surface area contributed by atoms with Gasteiger partial charge in [0, 0.05) is 18.2 Å². The molecule has 36 heavy (non-hydrogen) atoms. The highest BCUT2D eigenvalue weighted by Gasteiger charge is 2.61. The molecule has 196 valence electrons. The first-order valence-corrected chi connectivity index (χ1v) is 13.5. The van der Waals surface area contributed by atoms with Crippen LogP contribution in [0.25, 0.3) is 0 Å². The van der Waals surface area contributed by atoms with Crippen LogP contribution in [0.2, 0.25) is 0 Å². The number of hydroxylamine groups is 1. The highest BCUT2D eigenvalue weighted by atomic mass is 16.7. The van der Waals surface area contributed by atoms with Crippen molar-refractivity contribution in [3.05, 3.63) is 42.5 Å². The van der Waals surface area contributed by atoms with Gasteiger partial charge < -0.3 is 15.5 Å². The average molecular weight is 497 g/mol. The molecule has 4 rings (SSSR count). The zero-order valence-corrected chi connectivity index (χ0v) is 21.3. The van der Waals surface area contributed by atoms with Gasteiger partial charge in [0.15, 0.2) is 0 Å². The monoisotopic (exact) mass is 496 g/mol. The van der Waals surface area contributed by atoms with Gasteiger partial charge in [-0.25, -0.2) is 5.48 Å². The Morgan fingerprint density at radius 1 is 1.14 bits per heavy atom. The molecule has 3 fully saturated rings. The summed E-state index contributed by atoms with van der Waals surface area (Å²) in [7, 11) is 0. The lowest BCUT2D eigenvalue weighted by Crippen LogP contribution is -2.56. The average Bonchev–Trinajstić information content (AvgIpc) is 3.79. The number of amides is 3. The molecule has 3 N–H and O–H groups in total. The second-order valence-electron chi connectivity index (χ2n) is 10.3. The normalized spacial score (nSPS) is 25.1. The Bertz CT molecular complexity index is 933. The second kappa shape index (κ2) is 12.4. The van der Waals surface area contributed by atoms with E-state index in [2.05, 4.69) is 35.2 Å². The van der Waals surface area contributed by atoms with Crippen molar-refractivity contribution in [3.63, 3.8) is 0 Å². The molecule has 1 aromatic carbocycles. The van der Waals surface area contributed by atoms with Crippen LogP contribution in [0.15, 0.2) is 42.5 Å². The molecule has 2 aliphatic carbocycles. The fraction of sp³-hybridized carbons (Fsp3) is 0.607. The van der Waals surface area contributed by atoms with E-state index in [-0.39, 0.29) is 30.2 Å². The van der Waals surface area contributed by atoms with Crippen LogP contribution in [0.1, 0.15) is 64.7 Å². The molecule has 8 heteroatoms. The van der Waals surface area contributed by atoms with Crippen molar-refractivity contribution in [1.29, 1.82) is 0 Å². The fourth-order valence-electron chi connectivity index (χ4n) is 4.83. The van der Waals surface area contributed by atoms with Crippen molar-refractivity contribution < 1.29 is 19.2 Å². The molecule has 0 spiro atoms. The Labute approximate surface area is 214 Å². The first-order chi connectivity index (χ1) is 17.5. The van der Waals surface area contributed by atoms with Crippen molar-refractivity contribution in [1.82, 2.24) is 15.7 Å². The van der Waals surface area contributed by atoms with Gasteiger partial charge >= 0.3 is 0 Å². The van der Waals surface area contributed by atoms with Crippen LogP contribution < -0.4 is 16.1 Å². The van der Waals surface area contributed by atoms with Gasteiger partial charge in [-0.3, -0.25) is 19.2 Å². The molecule has 1 heterocycles. The number of benzene rings is 1. The minimum Gasteiger partial charge on any atom is -0.376 e. The minimum atomic E-state index is -1.01. The number of likely N-dealkylation sites (tertiary alicyclic amines) is 1. The standard InChI is InChI=1S/C28H40N4O4/c1-2-3-4-5-7-11-22-18-28(22,27(35)31-36-20-21-15-16-21)30-26(34)24-14-10-17-32(24)25(33)19-29-23-12-8-6-9-13-23/h6-9,11-13,21-22,24,29H,2-5,10,14-20H2,1H3,(H,30,34)(H,31,35)/b11-7-/t22-,24+,28-/m1/s1. The number of hydrogen-bond donors (Lipinski definition) is 3. The highest BCUT2D eigenvalue weighted by Crippen LogP contribution is 2.45. The summed E-state index contributed by atoms with van der Waals surface area (Å²) in [5.74, 6) is -0.239. The van der Waals surface area contributed by atoms with Gasteiger partial charge in [0.1, 0.15) is 11.6 Å². The number of anilines is 1. The number of carbonyl (C=O) groups excluding carboxylic acids is 3. The van der Waals surface area contributed by atoms with Crippen LogP contribution in [-0.4, -0.2) is 53.9 Å². The van der Waals surface area contributed by atoms with Crippen LogP contribution in [0.3, 0.4) is 0 Å². The maximum atomic E-state index is 13.4. The van der Waals surface area contributed by atoms with Gasteiger partial charge in [-0.1, -0.05) is 50.1 Å². The van der Waals surface area contributed by atoms with Crippen molar-refractivity contribution in [2.24, 2.45) is 11.8 Å². The van der Waals surface area contributed by atoms with E-state index in [0.29, 0.717) is 31.9 Å². The number of rotatable bonds is 14. The second-order valence-corrected chi connectivity index (χ2v) is 10.3. The summed E-state index contributed by atoms with van der Waals surface area (Å²) >= 11 is 0. The lowest BCUT2D eigenvalue weighted by atomic mass is 10.1. The summed E-state index contributed by atoms with van der Waals surface area (Å²) in [5, 5.41) is 6.16. The summed E-state index contributed by atoms with van der Waals surface area (Å²) < 4.78 is 0. The van der Waals surface area contributed by atoms with E-state index in [1.165, 1.54) is 6.42 Å². The summed E-state index contributed by atoms with van der Waals surface area (Å²) in [6, 6.07) is 8.96. The maximum Gasteiger partial charge on any atom is 0.269 e. The largest absolute Gasteiger partial charge is 0.376 e. The predicted molar refractivity (Wildman–Crippen MR) is 139 cm³/mol. The number of nitrogens with one attached hydrogen (secondary N) is 3. The topological polar surface area (TPSA) is 99.8 Å². The zero-order chi connectivity index (χ0) is 25.4. The molecule has 2 saturated carbocycles. The lowest BCUT2D eigenvalue weighted by molar-refractivity contribution is -0.142. The zero-order valence-electron chi connectivity index (χ0n) is 21.3. The smallest absolute Gasteiger partial charge is 0.269 e. The third-order valence-electron chi connectivity index (χ3n) is 7.38. The van der Waals surface area contributed by atoms with Crippen LogP contribution in [0.5, 0.6) is 0 Å². The molecule has 3 amide bonds. The third-order valence-corrected chi connectivity index (χ3v) is 7.38. The molecule has 0 aromatic heterocycles. The molecule has 3 aliphatic rings. The molecule has 3 atom stereocenters. The van der Waals surface area contributed by atoms with Gasteiger partial charge in [-0.05, 0) is 63.0 Å². The number of carbonyl (C=O) groups is 3. The Balaban J connectivity index is 1.35. The fourth-order valence-corrected chi connectivity index (χ4v) is 4.83. The molecule has 1 aromatic rings. The van der Waals surface area contributed by atoms with E-state index in [1.54, 1.807) is 4.90 Å². The van der Waals surface area contributed by atoms with E-state index < -0.39 is 11.6 Å². The third kappa shape index (κ3) is 6.87. The SMILES string of the molecule is CCCCC/C=C\[C@@H]1C[C@]1(NC(=O)[C@@H]1CCCN1C(=O)CNc1ccccc1)C(=O)NOCC1CC1. The Kier molecular flexibility index (Phi) is 9.02. The molecule has 1 saturated heterocycles. The summed E-state index contributed by atoms with van der Waals surface area (Å²) in [6.07, 6.45) is 12.8. The van der Waals surface area contributed by atoms with E-state index in [1.807, 2.05) is 30.3 Å². The molecule has 1 aliphatic heterocycles. The van der Waals surface area contributed by atoms with Crippen LogP contribution in [0, 0.1) is 11.8 Å². The van der Waals surface area contributed by atoms with Crippen LogP contribution in [-0.2, 0) is 19.2 Å². The van der Waals surface area contributed by atoms with Crippen molar-refractivity contribution >= 4 is 23.4 Å². The Hall–Kier alpha value is -2.87. The van der Waals surface area contributed by atoms with E-state index >= 15 is 0 Å². The summed E-state index contributed by atoms with van der Waals surface area (Å²) in [5.41, 5.74) is 2.44. The van der Waals surface area contributed by atoms with Gasteiger partial charge in [0.25, 0.3) is 5.91 Å². The first kappa shape index (κ1) is 26.2. The molecule has 0 radical (unpaired) electrons. The summed E-state index contributed by atoms with van der Waals surface area (Å²) in [6.45, 7) is 3.34. The Morgan fingerprint density at radius 2 is 1.94 bits per heavy atom. The minimum absolute atomic E-state index is 0.0714. The number of para-hydroxylation sites is 1. The predicted octanol–water partition coefficient (Wildman–Crippen LogP) is 3.56. The van der Waals surface area contributed by atoms with Gasteiger partial charge in [-0.15, -0.1) is 0 Å². The van der Waals surface area contributed by atoms with Crippen LogP contribution >= 0.6 is 0 Å². The van der Waals surface area contributed by atoms with Crippen molar-refractivity contribution in [2.45, 2.75) is 76.3 Å². The van der Waals surface area contributed by atoms with Gasteiger partial charge in [0.2, 0.25) is 11.8 Å². The molecule has 0 unspecified atom stereocenters. The van der Waals surface area contributed by atoms with E-state index in [0.717, 1.165) is 44.2 Å². The van der Waals surface area contributed by atoms with Crippen molar-refractivity contribution in [2.75, 3.05) is 25.0 Å². The molecule has 8 nitrogen and oxygen atoms in total. The van der Waals surface area contributed by atoms with Crippen molar-refractivity contribution in [3.8, 4) is 0 Å². The number of allylic oxidation sites excluding steroid dienone is 1. The molecular weight excluding hydrogens is 456 g/mol. The number of nitrogens with zero attached hydrogens (tertiary/aromatic N) is 1. The lowest BCUT2D eigenvalue weighted by Gasteiger charge is -2.27. The summed E-state index contributed by atoms with van der Waals surface area (Å²) in [4.78, 5) is 46.5. The number of hydrogen-bond acceptors (Lipinski definition) is 5. The molecular formula is C28H40N4O4. The maximum absolute atomic E-state index is 13.4. The Morgan fingerprint density at radius 3 is 2.69 bits per heavy atom. The van der Waals surface area contributed by atoms with Crippen LogP contribution in [0.4, 0.5) is 5.69 Å². The van der Waals surface area contributed by atoms with E-state index in [4.69, 9.17) is 4.84 Å². The van der Waals surface area contributed by atoms with Gasteiger partial charge in [0.05, 0.1) is 13.2 Å². The van der Waals surface area contributed by atoms with E-state index in [9.17, 15) is 14.4 Å². The first-order valence-electron chi connectivity index (χ1n) is 13.5. The quantitative estimate of drug-likeness (QED) is 0.208. The molecule has 0 bridgehead atoms. The highest BCUT2D eigenvalue weighted by molar-refractivity contribution is 5.97. The number of unbranched alkanes of at least 4 members (excludes halogenated alkanes) is 3. The van der Waals surface area contributed by atoms with Gasteiger partial charge in [-0.2, -0.15) is 0 Å².